The minimum atomic E-state index is 0.733. The highest BCUT2D eigenvalue weighted by atomic mass is 32.1. The Hall–Kier alpha value is -1.19. The van der Waals surface area contributed by atoms with Crippen molar-refractivity contribution in [3.05, 3.63) is 41.0 Å². The van der Waals surface area contributed by atoms with Crippen LogP contribution in [0.3, 0.4) is 0 Å². The van der Waals surface area contributed by atoms with Crippen LogP contribution in [0.5, 0.6) is 0 Å². The Bertz CT molecular complexity index is 582. The molecule has 1 aromatic heterocycles. The maximum Gasteiger partial charge on any atom is 0.0966 e. The Morgan fingerprint density at radius 2 is 1.90 bits per heavy atom. The van der Waals surface area contributed by atoms with Crippen molar-refractivity contribution in [3.8, 4) is 10.4 Å². The zero-order chi connectivity index (χ0) is 13.4. The van der Waals surface area contributed by atoms with Gasteiger partial charge in [-0.05, 0) is 31.2 Å². The molecule has 0 bridgehead atoms. The highest BCUT2D eigenvalue weighted by Gasteiger charge is 2.26. The summed E-state index contributed by atoms with van der Waals surface area (Å²) in [6, 6.07) is 11.5. The van der Waals surface area contributed by atoms with Crippen LogP contribution in [-0.4, -0.2) is 11.0 Å². The van der Waals surface area contributed by atoms with Crippen LogP contribution < -0.4 is 5.32 Å². The van der Waals surface area contributed by atoms with Gasteiger partial charge in [0.15, 0.2) is 0 Å². The summed E-state index contributed by atoms with van der Waals surface area (Å²) in [5.74, 6) is 0.733. The van der Waals surface area contributed by atoms with Crippen LogP contribution in [0.1, 0.15) is 48.7 Å². The molecule has 0 atom stereocenters. The van der Waals surface area contributed by atoms with E-state index in [1.807, 2.05) is 11.3 Å². The number of rotatable bonds is 5. The average molecular weight is 284 g/mol. The number of hydrogen-bond donors (Lipinski definition) is 1. The topological polar surface area (TPSA) is 24.9 Å². The van der Waals surface area contributed by atoms with Gasteiger partial charge in [-0.1, -0.05) is 36.8 Å². The number of aromatic nitrogens is 1. The van der Waals surface area contributed by atoms with Gasteiger partial charge in [-0.3, -0.25) is 0 Å². The highest BCUT2D eigenvalue weighted by molar-refractivity contribution is 7.15. The predicted octanol–water partition coefficient (Wildman–Crippen LogP) is 4.33. The van der Waals surface area contributed by atoms with E-state index in [4.69, 9.17) is 4.98 Å². The Balaban J connectivity index is 1.64. The number of hydrogen-bond acceptors (Lipinski definition) is 3. The van der Waals surface area contributed by atoms with Crippen LogP contribution in [0, 0.1) is 0 Å². The number of thiazole rings is 1. The lowest BCUT2D eigenvalue weighted by atomic mass is 9.86. The molecule has 0 amide bonds. The maximum atomic E-state index is 4.96. The molecule has 2 fully saturated rings. The van der Waals surface area contributed by atoms with E-state index < -0.39 is 0 Å². The molecule has 1 heterocycles. The Kier molecular flexibility index (Phi) is 3.32. The molecule has 2 saturated carbocycles. The van der Waals surface area contributed by atoms with Crippen molar-refractivity contribution >= 4 is 11.3 Å². The summed E-state index contributed by atoms with van der Waals surface area (Å²) in [6.45, 7) is 0.929. The fourth-order valence-corrected chi connectivity index (χ4v) is 3.92. The van der Waals surface area contributed by atoms with Gasteiger partial charge in [0, 0.05) is 18.5 Å². The lowest BCUT2D eigenvalue weighted by Gasteiger charge is -2.22. The standard InChI is InChI=1S/C17H20N2S/c1-2-5-12(6-3-1)16-15(11-18-14-9-10-14)19-17(20-16)13-7-4-8-13/h1-3,5-6,13-14,18H,4,7-11H2. The largest absolute Gasteiger partial charge is 0.308 e. The lowest BCUT2D eigenvalue weighted by Crippen LogP contribution is -2.16. The maximum absolute atomic E-state index is 4.96. The first kappa shape index (κ1) is 12.5. The zero-order valence-corrected chi connectivity index (χ0v) is 12.5. The van der Waals surface area contributed by atoms with Gasteiger partial charge < -0.3 is 5.32 Å². The van der Waals surface area contributed by atoms with E-state index in [2.05, 4.69) is 35.6 Å². The molecule has 104 valence electrons. The van der Waals surface area contributed by atoms with Crippen molar-refractivity contribution in [1.82, 2.24) is 10.3 Å². The van der Waals surface area contributed by atoms with Crippen LogP contribution in [0.15, 0.2) is 30.3 Å². The number of nitrogens with one attached hydrogen (secondary N) is 1. The van der Waals surface area contributed by atoms with Crippen LogP contribution in [-0.2, 0) is 6.54 Å². The first-order valence-electron chi connectivity index (χ1n) is 7.68. The van der Waals surface area contributed by atoms with E-state index in [1.165, 1.54) is 53.2 Å². The lowest BCUT2D eigenvalue weighted by molar-refractivity contribution is 0.417. The minimum absolute atomic E-state index is 0.733. The van der Waals surface area contributed by atoms with Gasteiger partial charge in [0.2, 0.25) is 0 Å². The smallest absolute Gasteiger partial charge is 0.0966 e. The van der Waals surface area contributed by atoms with Crippen molar-refractivity contribution in [1.29, 1.82) is 0 Å². The third kappa shape index (κ3) is 2.52. The van der Waals surface area contributed by atoms with Crippen molar-refractivity contribution in [3.63, 3.8) is 0 Å². The van der Waals surface area contributed by atoms with Gasteiger partial charge in [-0.25, -0.2) is 4.98 Å². The van der Waals surface area contributed by atoms with Crippen LogP contribution in [0.4, 0.5) is 0 Å². The molecule has 0 radical (unpaired) electrons. The second-order valence-electron chi connectivity index (χ2n) is 5.98. The molecule has 2 nitrogen and oxygen atoms in total. The molecule has 2 aliphatic carbocycles. The highest BCUT2D eigenvalue weighted by Crippen LogP contribution is 2.42. The summed E-state index contributed by atoms with van der Waals surface area (Å²) < 4.78 is 0. The number of benzene rings is 1. The molecule has 0 aliphatic heterocycles. The van der Waals surface area contributed by atoms with Crippen LogP contribution >= 0.6 is 11.3 Å². The SMILES string of the molecule is c1ccc(-c2sc(C3CCC3)nc2CNC2CC2)cc1. The first-order chi connectivity index (χ1) is 9.90. The van der Waals surface area contributed by atoms with E-state index in [1.54, 1.807) is 0 Å². The molecule has 2 aliphatic rings. The molecule has 2 aromatic rings. The fraction of sp³-hybridized carbons (Fsp3) is 0.471. The second-order valence-corrected chi connectivity index (χ2v) is 7.01. The van der Waals surface area contributed by atoms with Gasteiger partial charge >= 0.3 is 0 Å². The van der Waals surface area contributed by atoms with Crippen molar-refractivity contribution in [2.24, 2.45) is 0 Å². The normalized spacial score (nSPS) is 19.0. The Morgan fingerprint density at radius 3 is 2.55 bits per heavy atom. The Labute approximate surface area is 124 Å². The van der Waals surface area contributed by atoms with Crippen LogP contribution in [0.2, 0.25) is 0 Å². The van der Waals surface area contributed by atoms with Gasteiger partial charge in [-0.2, -0.15) is 0 Å². The van der Waals surface area contributed by atoms with Crippen LogP contribution in [0.25, 0.3) is 10.4 Å². The molecule has 3 heteroatoms. The van der Waals surface area contributed by atoms with E-state index in [0.717, 1.165) is 18.5 Å². The van der Waals surface area contributed by atoms with Crippen molar-refractivity contribution in [2.75, 3.05) is 0 Å². The van der Waals surface area contributed by atoms with Crippen molar-refractivity contribution in [2.45, 2.75) is 50.6 Å². The molecule has 1 N–H and O–H groups in total. The van der Waals surface area contributed by atoms with E-state index in [9.17, 15) is 0 Å². The monoisotopic (exact) mass is 284 g/mol. The fourth-order valence-electron chi connectivity index (χ4n) is 2.66. The third-order valence-corrected chi connectivity index (χ3v) is 5.65. The zero-order valence-electron chi connectivity index (χ0n) is 11.6. The summed E-state index contributed by atoms with van der Waals surface area (Å²) >= 11 is 1.92. The molecule has 1 aromatic carbocycles. The number of nitrogens with zero attached hydrogens (tertiary/aromatic N) is 1. The van der Waals surface area contributed by atoms with E-state index in [0.29, 0.717) is 0 Å². The third-order valence-electron chi connectivity index (χ3n) is 4.34. The van der Waals surface area contributed by atoms with Gasteiger partial charge in [-0.15, -0.1) is 11.3 Å². The Morgan fingerprint density at radius 1 is 1.10 bits per heavy atom. The van der Waals surface area contributed by atoms with Crippen molar-refractivity contribution < 1.29 is 0 Å². The van der Waals surface area contributed by atoms with Gasteiger partial charge in [0.25, 0.3) is 0 Å². The molecule has 20 heavy (non-hydrogen) atoms. The minimum Gasteiger partial charge on any atom is -0.308 e. The molecule has 0 saturated heterocycles. The van der Waals surface area contributed by atoms with Gasteiger partial charge in [0.1, 0.15) is 0 Å². The summed E-state index contributed by atoms with van der Waals surface area (Å²) in [4.78, 5) is 6.34. The van der Waals surface area contributed by atoms with E-state index >= 15 is 0 Å². The summed E-state index contributed by atoms with van der Waals surface area (Å²) in [5.41, 5.74) is 2.58. The average Bonchev–Trinajstić information content (AvgIpc) is 3.16. The molecular formula is C17H20N2S. The van der Waals surface area contributed by atoms with Gasteiger partial charge in [0.05, 0.1) is 15.6 Å². The summed E-state index contributed by atoms with van der Waals surface area (Å²) in [6.07, 6.45) is 6.70. The summed E-state index contributed by atoms with van der Waals surface area (Å²) in [7, 11) is 0. The summed E-state index contributed by atoms with van der Waals surface area (Å²) in [5, 5.41) is 4.98. The molecule has 0 spiro atoms. The predicted molar refractivity (Wildman–Crippen MR) is 84.0 cm³/mol. The molecular weight excluding hydrogens is 264 g/mol. The second kappa shape index (κ2) is 5.30. The first-order valence-corrected chi connectivity index (χ1v) is 8.50. The molecule has 4 rings (SSSR count). The van der Waals surface area contributed by atoms with E-state index in [-0.39, 0.29) is 0 Å². The quantitative estimate of drug-likeness (QED) is 0.884. The molecule has 0 unspecified atom stereocenters.